The highest BCUT2D eigenvalue weighted by Gasteiger charge is 2.56. The summed E-state index contributed by atoms with van der Waals surface area (Å²) in [5.41, 5.74) is 26.5. The van der Waals surface area contributed by atoms with E-state index in [0.29, 0.717) is 44.6 Å². The first kappa shape index (κ1) is 45.1. The number of hydroxylamine groups is 1. The number of Topliss-reactive ketones (excluding diaryl/α,β-unsaturated/α-hetero) is 2. The molecule has 3 fully saturated rings. The lowest BCUT2D eigenvalue weighted by molar-refractivity contribution is -0.180. The molecule has 2 aliphatic carbocycles. The van der Waals surface area contributed by atoms with Crippen molar-refractivity contribution in [3.63, 3.8) is 0 Å². The molecule has 0 radical (unpaired) electrons. The number of nitrogens with two attached hydrogens (primary N) is 4. The second-order valence-corrected chi connectivity index (χ2v) is 16.9. The summed E-state index contributed by atoms with van der Waals surface area (Å²) in [5, 5.41) is 2.88. The Balaban J connectivity index is 1.45. The third kappa shape index (κ3) is 11.8. The van der Waals surface area contributed by atoms with Gasteiger partial charge in [0, 0.05) is 12.1 Å². The fourth-order valence-electron chi connectivity index (χ4n) is 9.21. The predicted molar refractivity (Wildman–Crippen MR) is 223 cm³/mol. The first-order chi connectivity index (χ1) is 28.0. The van der Waals surface area contributed by atoms with Crippen LogP contribution in [0.15, 0.2) is 60.7 Å². The second kappa shape index (κ2) is 22.4. The van der Waals surface area contributed by atoms with E-state index in [1.54, 1.807) is 30.3 Å². The van der Waals surface area contributed by atoms with Gasteiger partial charge in [-0.15, -0.1) is 0 Å². The van der Waals surface area contributed by atoms with Crippen LogP contribution in [0.25, 0.3) is 0 Å². The Kier molecular flexibility index (Phi) is 17.4. The zero-order valence-electron chi connectivity index (χ0n) is 34.2. The number of hydrogen-bond acceptors (Lipinski definition) is 10. The molecule has 1 heterocycles. The van der Waals surface area contributed by atoms with Crippen molar-refractivity contribution in [1.82, 2.24) is 15.7 Å². The highest BCUT2D eigenvalue weighted by molar-refractivity contribution is 6.15. The smallest absolute Gasteiger partial charge is 0.260 e. The second-order valence-electron chi connectivity index (χ2n) is 16.9. The minimum atomic E-state index is -2.39. The molecular formula is C45H67N7O6. The molecule has 0 bridgehead atoms. The monoisotopic (exact) mass is 802 g/mol. The maximum Gasteiger partial charge on any atom is 0.260 e. The van der Waals surface area contributed by atoms with Gasteiger partial charge in [0.05, 0.1) is 24.2 Å². The van der Waals surface area contributed by atoms with E-state index in [4.69, 9.17) is 27.8 Å². The van der Waals surface area contributed by atoms with E-state index in [9.17, 15) is 14.4 Å². The Hall–Kier alpha value is -4.01. The lowest BCUT2D eigenvalue weighted by Gasteiger charge is -2.38. The van der Waals surface area contributed by atoms with E-state index < -0.39 is 65.1 Å². The van der Waals surface area contributed by atoms with E-state index in [1.165, 1.54) is 4.90 Å². The van der Waals surface area contributed by atoms with Crippen molar-refractivity contribution >= 4 is 29.3 Å². The third-order valence-corrected chi connectivity index (χ3v) is 12.5. The lowest BCUT2D eigenvalue weighted by atomic mass is 9.76. The summed E-state index contributed by atoms with van der Waals surface area (Å²) in [6.07, 6.45) is 13.6. The maximum absolute atomic E-state index is 15.4. The number of nitrogens with zero attached hydrogens (tertiary/aromatic N) is 1. The highest BCUT2D eigenvalue weighted by atomic mass is 16.7. The van der Waals surface area contributed by atoms with Crippen molar-refractivity contribution in [2.75, 3.05) is 13.1 Å². The first-order valence-electron chi connectivity index (χ1n) is 21.8. The van der Waals surface area contributed by atoms with E-state index in [1.807, 2.05) is 30.3 Å². The standard InChI is InChI=1S/C45H67N7O6/c46-26-14-13-24-38(50-42(55)36(48)29-32-18-7-2-8-19-32)44(57)52-27-15-25-39(52)41(54)45(34-22-11-4-12-23-34,40(53)35(47)28-31-16-5-1-6-17-31)58-51-43(56)37(49)30-33-20-9-3-10-21-33/h2,4,7-8,11-12,18-19,22-23,31,33,35-39H,1,3,5-6,9-10,13-17,20-21,24-30,46-49H2,(H,50,55)(H,51,56)/t35-,36+,37+,38+,39+,45?/m1/s1. The molecule has 2 aromatic carbocycles. The van der Waals surface area contributed by atoms with Crippen molar-refractivity contribution in [2.24, 2.45) is 34.8 Å². The number of benzene rings is 2. The molecule has 318 valence electrons. The van der Waals surface area contributed by atoms with Crippen LogP contribution in [0.4, 0.5) is 0 Å². The fraction of sp³-hybridized carbons (Fsp3) is 0.622. The van der Waals surface area contributed by atoms with Crippen LogP contribution in [0.3, 0.4) is 0 Å². The number of unbranched alkanes of at least 4 members (excludes halogenated alkanes) is 1. The number of carbonyl (C=O) groups is 5. The summed E-state index contributed by atoms with van der Waals surface area (Å²) in [5.74, 6) is -2.49. The van der Waals surface area contributed by atoms with Gasteiger partial charge in [-0.05, 0) is 75.3 Å². The first-order valence-corrected chi connectivity index (χ1v) is 21.8. The SMILES string of the molecule is NCCCC[C@H](NC(=O)[C@@H](N)Cc1ccccc1)C(=O)N1CCC[C@H]1C(=O)C(ONC(=O)[C@@H](N)CC1CCCCC1)(C(=O)[C@H](N)CC1CCCCC1)c1ccccc1. The van der Waals surface area contributed by atoms with Gasteiger partial charge in [-0.1, -0.05) is 125 Å². The number of amides is 3. The summed E-state index contributed by atoms with van der Waals surface area (Å²) >= 11 is 0. The summed E-state index contributed by atoms with van der Waals surface area (Å²) in [7, 11) is 0. The average molecular weight is 802 g/mol. The van der Waals surface area contributed by atoms with Gasteiger partial charge in [0.25, 0.3) is 5.91 Å². The molecule has 1 unspecified atom stereocenters. The van der Waals surface area contributed by atoms with Gasteiger partial charge < -0.3 is 33.2 Å². The normalized spacial score (nSPS) is 21.0. The van der Waals surface area contributed by atoms with Crippen LogP contribution in [-0.2, 0) is 40.8 Å². The zero-order valence-corrected chi connectivity index (χ0v) is 34.2. The lowest BCUT2D eigenvalue weighted by Crippen LogP contribution is -2.62. The molecule has 6 atom stereocenters. The minimum Gasteiger partial charge on any atom is -0.343 e. The molecule has 2 saturated carbocycles. The molecule has 0 aromatic heterocycles. The predicted octanol–water partition coefficient (Wildman–Crippen LogP) is 3.84. The van der Waals surface area contributed by atoms with Gasteiger partial charge >= 0.3 is 0 Å². The Labute approximate surface area is 344 Å². The molecule has 2 aromatic rings. The number of likely N-dealkylation sites (tertiary alicyclic amines) is 1. The summed E-state index contributed by atoms with van der Waals surface area (Å²) in [6.45, 7) is 0.615. The van der Waals surface area contributed by atoms with Crippen LogP contribution in [0.2, 0.25) is 0 Å². The Morgan fingerprint density at radius 3 is 1.90 bits per heavy atom. The molecule has 3 aliphatic rings. The van der Waals surface area contributed by atoms with Crippen molar-refractivity contribution < 1.29 is 28.8 Å². The zero-order chi connectivity index (χ0) is 41.5. The van der Waals surface area contributed by atoms with Crippen molar-refractivity contribution in [2.45, 2.75) is 151 Å². The van der Waals surface area contributed by atoms with Crippen LogP contribution in [0, 0.1) is 11.8 Å². The van der Waals surface area contributed by atoms with Gasteiger partial charge in [0.15, 0.2) is 5.78 Å². The molecule has 1 saturated heterocycles. The van der Waals surface area contributed by atoms with Crippen LogP contribution in [0.1, 0.15) is 120 Å². The van der Waals surface area contributed by atoms with Crippen molar-refractivity contribution in [3.8, 4) is 0 Å². The number of carbonyl (C=O) groups excluding carboxylic acids is 5. The molecule has 13 heteroatoms. The Morgan fingerprint density at radius 2 is 1.29 bits per heavy atom. The number of nitrogens with one attached hydrogen (secondary N) is 2. The highest BCUT2D eigenvalue weighted by Crippen LogP contribution is 2.37. The molecule has 3 amide bonds. The third-order valence-electron chi connectivity index (χ3n) is 12.5. The molecule has 1 aliphatic heterocycles. The summed E-state index contributed by atoms with van der Waals surface area (Å²) in [4.78, 5) is 80.0. The molecule has 5 rings (SSSR count). The number of ketones is 2. The average Bonchev–Trinajstić information content (AvgIpc) is 3.74. The van der Waals surface area contributed by atoms with Gasteiger partial charge in [0.2, 0.25) is 23.2 Å². The number of hydrogen-bond donors (Lipinski definition) is 6. The minimum absolute atomic E-state index is 0.198. The topological polar surface area (TPSA) is 226 Å². The molecule has 58 heavy (non-hydrogen) atoms. The van der Waals surface area contributed by atoms with E-state index in [-0.39, 0.29) is 37.3 Å². The maximum atomic E-state index is 15.4. The van der Waals surface area contributed by atoms with Crippen LogP contribution >= 0.6 is 0 Å². The largest absolute Gasteiger partial charge is 0.343 e. The van der Waals surface area contributed by atoms with Crippen LogP contribution in [-0.4, -0.2) is 77.5 Å². The molecular weight excluding hydrogens is 735 g/mol. The summed E-state index contributed by atoms with van der Waals surface area (Å²) < 4.78 is 0. The quantitative estimate of drug-likeness (QED) is 0.0608. The van der Waals surface area contributed by atoms with Crippen LogP contribution in [0.5, 0.6) is 0 Å². The van der Waals surface area contributed by atoms with Gasteiger partial charge in [0.1, 0.15) is 6.04 Å². The van der Waals surface area contributed by atoms with Crippen LogP contribution < -0.4 is 33.7 Å². The Morgan fingerprint density at radius 1 is 0.707 bits per heavy atom. The van der Waals surface area contributed by atoms with E-state index in [0.717, 1.165) is 69.8 Å². The fourth-order valence-corrected chi connectivity index (χ4v) is 9.21. The Bertz CT molecular complexity index is 1630. The van der Waals surface area contributed by atoms with Gasteiger partial charge in [-0.25, -0.2) is 10.3 Å². The van der Waals surface area contributed by atoms with E-state index in [2.05, 4.69) is 10.8 Å². The molecule has 13 nitrogen and oxygen atoms in total. The van der Waals surface area contributed by atoms with Crippen molar-refractivity contribution in [1.29, 1.82) is 0 Å². The summed E-state index contributed by atoms with van der Waals surface area (Å²) in [6, 6.07) is 12.7. The van der Waals surface area contributed by atoms with Gasteiger partial charge in [-0.3, -0.25) is 24.0 Å². The van der Waals surface area contributed by atoms with E-state index >= 15 is 9.59 Å². The number of rotatable bonds is 21. The van der Waals surface area contributed by atoms with Crippen molar-refractivity contribution in [3.05, 3.63) is 71.8 Å². The molecule has 10 N–H and O–H groups in total. The van der Waals surface area contributed by atoms with Gasteiger partial charge in [-0.2, -0.15) is 0 Å². The molecule has 0 spiro atoms.